The Morgan fingerprint density at radius 2 is 1.76 bits per heavy atom. The van der Waals surface area contributed by atoms with Gasteiger partial charge in [0.1, 0.15) is 11.5 Å². The van der Waals surface area contributed by atoms with Gasteiger partial charge in [-0.15, -0.1) is 0 Å². The van der Waals surface area contributed by atoms with Crippen molar-refractivity contribution in [1.82, 2.24) is 0 Å². The number of aliphatic hydroxyl groups is 1. The molecule has 2 rings (SSSR count). The highest BCUT2D eigenvalue weighted by Crippen LogP contribution is 2.28. The average Bonchev–Trinajstić information content (AvgIpc) is 2.33. The second kappa shape index (κ2) is 5.02. The molecule has 2 aromatic rings. The number of aryl methyl sites for hydroxylation is 2. The molecule has 0 amide bonds. The monoisotopic (exact) mass is 228 g/mol. The predicted molar refractivity (Wildman–Crippen MR) is 68.4 cm³/mol. The van der Waals surface area contributed by atoms with Gasteiger partial charge in [0.05, 0.1) is 6.61 Å². The lowest BCUT2D eigenvalue weighted by molar-refractivity contribution is 0.276. The fourth-order valence-electron chi connectivity index (χ4n) is 1.77. The highest BCUT2D eigenvalue weighted by atomic mass is 16.5. The number of aliphatic hydroxyl groups excluding tert-OH is 1. The SMILES string of the molecule is Cc1ccc(Oc2ccccc2CO)c(C)c1. The summed E-state index contributed by atoms with van der Waals surface area (Å²) in [5.74, 6) is 1.54. The number of hydrogen-bond donors (Lipinski definition) is 1. The van der Waals surface area contributed by atoms with Gasteiger partial charge in [-0.3, -0.25) is 0 Å². The smallest absolute Gasteiger partial charge is 0.132 e. The van der Waals surface area contributed by atoms with Crippen molar-refractivity contribution in [3.05, 3.63) is 59.2 Å². The van der Waals surface area contributed by atoms with Crippen LogP contribution in [0.3, 0.4) is 0 Å². The van der Waals surface area contributed by atoms with E-state index < -0.39 is 0 Å². The Balaban J connectivity index is 2.31. The molecule has 0 spiro atoms. The second-order valence-electron chi connectivity index (χ2n) is 4.14. The third-order valence-electron chi connectivity index (χ3n) is 2.69. The van der Waals surface area contributed by atoms with E-state index in [1.807, 2.05) is 43.3 Å². The number of para-hydroxylation sites is 1. The van der Waals surface area contributed by atoms with Crippen molar-refractivity contribution in [3.8, 4) is 11.5 Å². The van der Waals surface area contributed by atoms with E-state index in [1.54, 1.807) is 0 Å². The molecule has 0 radical (unpaired) electrons. The van der Waals surface area contributed by atoms with E-state index in [0.29, 0.717) is 5.75 Å². The minimum absolute atomic E-state index is 0.0128. The van der Waals surface area contributed by atoms with Crippen LogP contribution in [0.25, 0.3) is 0 Å². The zero-order valence-corrected chi connectivity index (χ0v) is 10.1. The van der Waals surface area contributed by atoms with E-state index in [4.69, 9.17) is 4.74 Å². The number of rotatable bonds is 3. The third-order valence-corrected chi connectivity index (χ3v) is 2.69. The van der Waals surface area contributed by atoms with Crippen LogP contribution in [0.1, 0.15) is 16.7 Å². The van der Waals surface area contributed by atoms with Gasteiger partial charge in [-0.05, 0) is 31.5 Å². The van der Waals surface area contributed by atoms with E-state index in [-0.39, 0.29) is 6.61 Å². The molecule has 2 heteroatoms. The highest BCUT2D eigenvalue weighted by Gasteiger charge is 2.05. The van der Waals surface area contributed by atoms with Crippen LogP contribution in [-0.4, -0.2) is 5.11 Å². The van der Waals surface area contributed by atoms with Gasteiger partial charge in [0, 0.05) is 5.56 Å². The van der Waals surface area contributed by atoms with E-state index in [1.165, 1.54) is 5.56 Å². The quantitative estimate of drug-likeness (QED) is 0.870. The number of hydrogen-bond acceptors (Lipinski definition) is 2. The first-order chi connectivity index (χ1) is 8.20. The van der Waals surface area contributed by atoms with E-state index in [2.05, 4.69) is 13.0 Å². The highest BCUT2D eigenvalue weighted by molar-refractivity contribution is 5.42. The standard InChI is InChI=1S/C15H16O2/c1-11-7-8-14(12(2)9-11)17-15-6-4-3-5-13(15)10-16/h3-9,16H,10H2,1-2H3. The van der Waals surface area contributed by atoms with Crippen LogP contribution in [0.4, 0.5) is 0 Å². The van der Waals surface area contributed by atoms with Crippen molar-refractivity contribution in [1.29, 1.82) is 0 Å². The molecule has 2 aromatic carbocycles. The molecule has 0 aliphatic heterocycles. The molecule has 0 aliphatic rings. The molecule has 0 unspecified atom stereocenters. The molecule has 0 saturated heterocycles. The maximum atomic E-state index is 9.23. The van der Waals surface area contributed by atoms with Gasteiger partial charge in [-0.25, -0.2) is 0 Å². The molecule has 0 fully saturated rings. The van der Waals surface area contributed by atoms with E-state index in [0.717, 1.165) is 16.9 Å². The predicted octanol–water partition coefficient (Wildman–Crippen LogP) is 3.59. The average molecular weight is 228 g/mol. The zero-order chi connectivity index (χ0) is 12.3. The Hall–Kier alpha value is -1.80. The molecule has 0 saturated carbocycles. The van der Waals surface area contributed by atoms with Gasteiger partial charge < -0.3 is 9.84 Å². The summed E-state index contributed by atoms with van der Waals surface area (Å²) in [4.78, 5) is 0. The van der Waals surface area contributed by atoms with Crippen LogP contribution in [0, 0.1) is 13.8 Å². The van der Waals surface area contributed by atoms with Crippen LogP contribution in [0.15, 0.2) is 42.5 Å². The summed E-state index contributed by atoms with van der Waals surface area (Å²) in [6.07, 6.45) is 0. The summed E-state index contributed by atoms with van der Waals surface area (Å²) < 4.78 is 5.83. The Labute approximate surface area is 101 Å². The van der Waals surface area contributed by atoms with E-state index in [9.17, 15) is 5.11 Å². The summed E-state index contributed by atoms with van der Waals surface area (Å²) in [5, 5.41) is 9.23. The van der Waals surface area contributed by atoms with Crippen molar-refractivity contribution in [2.75, 3.05) is 0 Å². The molecular weight excluding hydrogens is 212 g/mol. The first-order valence-electron chi connectivity index (χ1n) is 5.64. The summed E-state index contributed by atoms with van der Waals surface area (Å²) in [6.45, 7) is 4.06. The Bertz CT molecular complexity index is 518. The molecule has 1 N–H and O–H groups in total. The largest absolute Gasteiger partial charge is 0.457 e. The lowest BCUT2D eigenvalue weighted by Crippen LogP contribution is -1.93. The molecule has 0 aromatic heterocycles. The Kier molecular flexibility index (Phi) is 3.45. The van der Waals surface area contributed by atoms with Crippen molar-refractivity contribution < 1.29 is 9.84 Å². The molecule has 0 bridgehead atoms. The summed E-state index contributed by atoms with van der Waals surface area (Å²) in [5.41, 5.74) is 3.11. The lowest BCUT2D eigenvalue weighted by atomic mass is 10.1. The minimum atomic E-state index is -0.0128. The normalized spacial score (nSPS) is 10.3. The first kappa shape index (κ1) is 11.7. The van der Waals surface area contributed by atoms with Gasteiger partial charge in [-0.1, -0.05) is 35.9 Å². The minimum Gasteiger partial charge on any atom is -0.457 e. The second-order valence-corrected chi connectivity index (χ2v) is 4.14. The number of ether oxygens (including phenoxy) is 1. The zero-order valence-electron chi connectivity index (χ0n) is 10.1. The first-order valence-corrected chi connectivity index (χ1v) is 5.64. The van der Waals surface area contributed by atoms with Gasteiger partial charge in [-0.2, -0.15) is 0 Å². The van der Waals surface area contributed by atoms with Gasteiger partial charge in [0.2, 0.25) is 0 Å². The maximum absolute atomic E-state index is 9.23. The Morgan fingerprint density at radius 1 is 1.00 bits per heavy atom. The van der Waals surface area contributed by atoms with Crippen molar-refractivity contribution in [3.63, 3.8) is 0 Å². The van der Waals surface area contributed by atoms with Gasteiger partial charge >= 0.3 is 0 Å². The van der Waals surface area contributed by atoms with Crippen LogP contribution >= 0.6 is 0 Å². The summed E-state index contributed by atoms with van der Waals surface area (Å²) >= 11 is 0. The molecule has 0 heterocycles. The van der Waals surface area contributed by atoms with Crippen LogP contribution in [-0.2, 0) is 6.61 Å². The summed E-state index contributed by atoms with van der Waals surface area (Å²) in [6, 6.07) is 13.6. The van der Waals surface area contributed by atoms with Gasteiger partial charge in [0.15, 0.2) is 0 Å². The van der Waals surface area contributed by atoms with Crippen molar-refractivity contribution >= 4 is 0 Å². The van der Waals surface area contributed by atoms with Crippen LogP contribution in [0.5, 0.6) is 11.5 Å². The van der Waals surface area contributed by atoms with Crippen molar-refractivity contribution in [2.24, 2.45) is 0 Å². The Morgan fingerprint density at radius 3 is 2.47 bits per heavy atom. The van der Waals surface area contributed by atoms with Crippen LogP contribution < -0.4 is 4.74 Å². The topological polar surface area (TPSA) is 29.5 Å². The maximum Gasteiger partial charge on any atom is 0.132 e. The van der Waals surface area contributed by atoms with E-state index >= 15 is 0 Å². The molecule has 88 valence electrons. The van der Waals surface area contributed by atoms with Crippen LogP contribution in [0.2, 0.25) is 0 Å². The number of benzene rings is 2. The molecule has 17 heavy (non-hydrogen) atoms. The van der Waals surface area contributed by atoms with Crippen molar-refractivity contribution in [2.45, 2.75) is 20.5 Å². The summed E-state index contributed by atoms with van der Waals surface area (Å²) in [7, 11) is 0. The molecule has 2 nitrogen and oxygen atoms in total. The molecule has 0 aliphatic carbocycles. The third kappa shape index (κ3) is 2.66. The lowest BCUT2D eigenvalue weighted by Gasteiger charge is -2.12. The fraction of sp³-hybridized carbons (Fsp3) is 0.200. The molecular formula is C15H16O2. The molecule has 0 atom stereocenters. The fourth-order valence-corrected chi connectivity index (χ4v) is 1.77. The van der Waals surface area contributed by atoms with Gasteiger partial charge in [0.25, 0.3) is 0 Å².